The van der Waals surface area contributed by atoms with Gasteiger partial charge < -0.3 is 0 Å². The molecule has 2 aromatic carbocycles. The molecule has 0 aliphatic heterocycles. The molecular weight excluding hydrogens is 387 g/mol. The van der Waals surface area contributed by atoms with Crippen molar-refractivity contribution in [3.8, 4) is 21.4 Å². The summed E-state index contributed by atoms with van der Waals surface area (Å²) in [5, 5.41) is 11.0. The van der Waals surface area contributed by atoms with Gasteiger partial charge in [-0.2, -0.15) is 0 Å². The SMILES string of the molecule is OC(Cc1ccccc1)c1[se]c(-c2cccnc2)nc1-c1ccccc1. The predicted octanol–water partition coefficient (Wildman–Crippen LogP) is 4.14. The van der Waals surface area contributed by atoms with Gasteiger partial charge in [0, 0.05) is 0 Å². The standard InChI is InChI=1S/C22H18N2OSe/c25-19(14-16-8-3-1-4-9-16)21-20(17-10-5-2-6-11-17)24-22(26-21)18-12-7-13-23-15-18/h1-13,15,19,25H,14H2. The minimum atomic E-state index is -0.537. The zero-order valence-corrected chi connectivity index (χ0v) is 15.8. The maximum absolute atomic E-state index is 11.0. The Morgan fingerprint density at radius 2 is 1.54 bits per heavy atom. The second-order valence-corrected chi connectivity index (χ2v) is 8.21. The molecule has 0 saturated carbocycles. The summed E-state index contributed by atoms with van der Waals surface area (Å²) in [6, 6.07) is 24.2. The van der Waals surface area contributed by atoms with E-state index in [0.717, 1.165) is 31.4 Å². The van der Waals surface area contributed by atoms with Crippen LogP contribution in [0, 0.1) is 0 Å². The van der Waals surface area contributed by atoms with Crippen LogP contribution < -0.4 is 0 Å². The van der Waals surface area contributed by atoms with E-state index in [1.165, 1.54) is 0 Å². The van der Waals surface area contributed by atoms with Crippen LogP contribution in [0.4, 0.5) is 0 Å². The number of hydrogen-bond acceptors (Lipinski definition) is 3. The summed E-state index contributed by atoms with van der Waals surface area (Å²) in [5.41, 5.74) is 4.12. The molecule has 0 radical (unpaired) electrons. The van der Waals surface area contributed by atoms with Crippen LogP contribution in [0.25, 0.3) is 21.4 Å². The number of pyridine rings is 1. The summed E-state index contributed by atoms with van der Waals surface area (Å²) in [5.74, 6) is 0. The molecule has 1 unspecified atom stereocenters. The van der Waals surface area contributed by atoms with Crippen LogP contribution in [-0.2, 0) is 6.42 Å². The normalized spacial score (nSPS) is 12.0. The van der Waals surface area contributed by atoms with Gasteiger partial charge >= 0.3 is 159 Å². The summed E-state index contributed by atoms with van der Waals surface area (Å²) in [6.45, 7) is 0. The van der Waals surface area contributed by atoms with Crippen LogP contribution in [-0.4, -0.2) is 29.6 Å². The molecule has 26 heavy (non-hydrogen) atoms. The van der Waals surface area contributed by atoms with E-state index in [4.69, 9.17) is 4.98 Å². The third-order valence-corrected chi connectivity index (χ3v) is 6.71. The van der Waals surface area contributed by atoms with Gasteiger partial charge in [-0.1, -0.05) is 0 Å². The van der Waals surface area contributed by atoms with Gasteiger partial charge in [0.1, 0.15) is 0 Å². The molecule has 0 aliphatic rings. The van der Waals surface area contributed by atoms with Gasteiger partial charge in [0.15, 0.2) is 0 Å². The molecule has 2 aromatic heterocycles. The molecule has 0 spiro atoms. The van der Waals surface area contributed by atoms with Gasteiger partial charge in [0.2, 0.25) is 0 Å². The van der Waals surface area contributed by atoms with E-state index in [-0.39, 0.29) is 14.5 Å². The summed E-state index contributed by atoms with van der Waals surface area (Å²) in [6.07, 6.45) is 3.67. The first-order valence-electron chi connectivity index (χ1n) is 8.50. The molecule has 1 N–H and O–H groups in total. The molecule has 0 saturated heterocycles. The van der Waals surface area contributed by atoms with Gasteiger partial charge in [-0.25, -0.2) is 0 Å². The van der Waals surface area contributed by atoms with Crippen molar-refractivity contribution < 1.29 is 5.11 Å². The van der Waals surface area contributed by atoms with E-state index in [0.29, 0.717) is 6.42 Å². The summed E-state index contributed by atoms with van der Waals surface area (Å²) >= 11 is -0.0254. The quantitative estimate of drug-likeness (QED) is 0.508. The van der Waals surface area contributed by atoms with Gasteiger partial charge in [-0.15, -0.1) is 0 Å². The topological polar surface area (TPSA) is 46.0 Å². The van der Waals surface area contributed by atoms with E-state index in [1.54, 1.807) is 6.20 Å². The number of nitrogens with zero attached hydrogens (tertiary/aromatic N) is 2. The van der Waals surface area contributed by atoms with Crippen molar-refractivity contribution in [1.82, 2.24) is 9.97 Å². The zero-order valence-electron chi connectivity index (χ0n) is 14.1. The second-order valence-electron chi connectivity index (χ2n) is 6.05. The van der Waals surface area contributed by atoms with Crippen LogP contribution in [0.5, 0.6) is 0 Å². The van der Waals surface area contributed by atoms with Gasteiger partial charge in [0.05, 0.1) is 0 Å². The Hall–Kier alpha value is -2.52. The molecule has 0 aliphatic carbocycles. The zero-order chi connectivity index (χ0) is 17.8. The third-order valence-electron chi connectivity index (χ3n) is 4.18. The van der Waals surface area contributed by atoms with E-state index in [9.17, 15) is 5.11 Å². The van der Waals surface area contributed by atoms with E-state index >= 15 is 0 Å². The first kappa shape index (κ1) is 16.9. The molecule has 0 amide bonds. The van der Waals surface area contributed by atoms with Crippen molar-refractivity contribution in [2.45, 2.75) is 12.5 Å². The number of hydrogen-bond donors (Lipinski definition) is 1. The van der Waals surface area contributed by atoms with Crippen molar-refractivity contribution in [3.63, 3.8) is 0 Å². The number of aromatic nitrogens is 2. The Morgan fingerprint density at radius 3 is 2.23 bits per heavy atom. The summed E-state index contributed by atoms with van der Waals surface area (Å²) < 4.78 is 2.05. The Kier molecular flexibility index (Phi) is 5.07. The summed E-state index contributed by atoms with van der Waals surface area (Å²) in [4.78, 5) is 9.11. The Morgan fingerprint density at radius 1 is 0.846 bits per heavy atom. The van der Waals surface area contributed by atoms with Crippen LogP contribution in [0.2, 0.25) is 0 Å². The molecule has 3 nitrogen and oxygen atoms in total. The van der Waals surface area contributed by atoms with Crippen molar-refractivity contribution >= 4 is 14.5 Å². The average molecular weight is 405 g/mol. The first-order valence-corrected chi connectivity index (χ1v) is 10.2. The van der Waals surface area contributed by atoms with Gasteiger partial charge in [-0.3, -0.25) is 0 Å². The van der Waals surface area contributed by atoms with Crippen LogP contribution in [0.15, 0.2) is 85.2 Å². The molecule has 128 valence electrons. The number of benzene rings is 2. The van der Waals surface area contributed by atoms with Crippen molar-refractivity contribution in [1.29, 1.82) is 0 Å². The van der Waals surface area contributed by atoms with Crippen molar-refractivity contribution in [3.05, 3.63) is 95.2 Å². The van der Waals surface area contributed by atoms with Crippen LogP contribution in [0.3, 0.4) is 0 Å². The van der Waals surface area contributed by atoms with Gasteiger partial charge in [0.25, 0.3) is 0 Å². The minimum absolute atomic E-state index is 0.0254. The maximum atomic E-state index is 11.0. The van der Waals surface area contributed by atoms with E-state index < -0.39 is 6.10 Å². The second kappa shape index (κ2) is 7.79. The van der Waals surface area contributed by atoms with E-state index in [1.807, 2.05) is 54.7 Å². The number of aliphatic hydroxyl groups excluding tert-OH is 1. The Balaban J connectivity index is 1.75. The molecule has 2 heterocycles. The molecule has 4 aromatic rings. The monoisotopic (exact) mass is 406 g/mol. The van der Waals surface area contributed by atoms with E-state index in [2.05, 4.69) is 29.2 Å². The Labute approximate surface area is 158 Å². The molecule has 1 atom stereocenters. The number of rotatable bonds is 5. The van der Waals surface area contributed by atoms with Crippen LogP contribution >= 0.6 is 0 Å². The fourth-order valence-corrected chi connectivity index (χ4v) is 5.13. The molecule has 0 fully saturated rings. The molecule has 4 heteroatoms. The van der Waals surface area contributed by atoms with Gasteiger partial charge in [-0.05, 0) is 0 Å². The fraction of sp³-hybridized carbons (Fsp3) is 0.0909. The Bertz CT molecular complexity index is 969. The predicted molar refractivity (Wildman–Crippen MR) is 105 cm³/mol. The first-order chi connectivity index (χ1) is 12.8. The van der Waals surface area contributed by atoms with Crippen molar-refractivity contribution in [2.75, 3.05) is 0 Å². The molecule has 0 bridgehead atoms. The molecule has 4 rings (SSSR count). The van der Waals surface area contributed by atoms with Crippen LogP contribution in [0.1, 0.15) is 16.1 Å². The van der Waals surface area contributed by atoms with Crippen molar-refractivity contribution in [2.24, 2.45) is 0 Å². The third kappa shape index (κ3) is 3.68. The fourth-order valence-electron chi connectivity index (χ4n) is 2.90. The number of aliphatic hydroxyl groups is 1. The average Bonchev–Trinajstić information content (AvgIpc) is 3.16. The summed E-state index contributed by atoms with van der Waals surface area (Å²) in [7, 11) is 0. The molecular formula is C22H18N2OSe.